The first-order valence-electron chi connectivity index (χ1n) is 7.83. The van der Waals surface area contributed by atoms with Crippen molar-refractivity contribution in [1.82, 2.24) is 20.6 Å². The van der Waals surface area contributed by atoms with Crippen molar-refractivity contribution in [2.75, 3.05) is 6.54 Å². The molecule has 1 aromatic carbocycles. The molecule has 2 heterocycles. The van der Waals surface area contributed by atoms with Crippen molar-refractivity contribution in [3.05, 3.63) is 42.4 Å². The van der Waals surface area contributed by atoms with E-state index in [2.05, 4.69) is 27.5 Å². The smallest absolute Gasteiger partial charge is 0.223 e. The van der Waals surface area contributed by atoms with Crippen LogP contribution in [0.3, 0.4) is 0 Å². The summed E-state index contributed by atoms with van der Waals surface area (Å²) in [6.45, 7) is 3.49. The Morgan fingerprint density at radius 3 is 2.87 bits per heavy atom. The van der Waals surface area contributed by atoms with E-state index in [0.29, 0.717) is 12.6 Å². The molecule has 2 aromatic rings. The molecule has 1 aliphatic rings. The lowest BCUT2D eigenvalue weighted by Gasteiger charge is -2.26. The highest BCUT2D eigenvalue weighted by Gasteiger charge is 2.24. The zero-order valence-corrected chi connectivity index (χ0v) is 14.0. The van der Waals surface area contributed by atoms with Crippen molar-refractivity contribution in [2.45, 2.75) is 32.4 Å². The van der Waals surface area contributed by atoms with Crippen LogP contribution in [0.15, 0.2) is 36.5 Å². The van der Waals surface area contributed by atoms with Crippen LogP contribution >= 0.6 is 12.4 Å². The second-order valence-corrected chi connectivity index (χ2v) is 5.90. The Bertz CT molecular complexity index is 629. The number of carbonyl (C=O) groups is 1. The lowest BCUT2D eigenvalue weighted by Crippen LogP contribution is -2.42. The number of piperidine rings is 1. The van der Waals surface area contributed by atoms with Crippen LogP contribution in [-0.4, -0.2) is 28.5 Å². The minimum atomic E-state index is 0. The number of carbonyl (C=O) groups excluding carboxylic acids is 1. The van der Waals surface area contributed by atoms with Gasteiger partial charge in [0.05, 0.1) is 18.4 Å². The molecule has 1 fully saturated rings. The Morgan fingerprint density at radius 1 is 1.35 bits per heavy atom. The Kier molecular flexibility index (Phi) is 6.19. The number of benzene rings is 1. The summed E-state index contributed by atoms with van der Waals surface area (Å²) in [5.74, 6) is 1.03. The van der Waals surface area contributed by atoms with Crippen molar-refractivity contribution in [3.63, 3.8) is 0 Å². The lowest BCUT2D eigenvalue weighted by atomic mass is 9.92. The largest absolute Gasteiger partial charge is 0.349 e. The molecular weight excluding hydrogens is 312 g/mol. The average molecular weight is 335 g/mol. The molecule has 3 N–H and O–H groups in total. The van der Waals surface area contributed by atoms with Crippen molar-refractivity contribution in [2.24, 2.45) is 5.92 Å². The summed E-state index contributed by atoms with van der Waals surface area (Å²) in [5.41, 5.74) is 2.07. The quantitative estimate of drug-likeness (QED) is 0.804. The maximum Gasteiger partial charge on any atom is 0.223 e. The van der Waals surface area contributed by atoms with E-state index >= 15 is 0 Å². The van der Waals surface area contributed by atoms with Gasteiger partial charge in [-0.1, -0.05) is 30.3 Å². The maximum absolute atomic E-state index is 12.2. The average Bonchev–Trinajstić information content (AvgIpc) is 3.02. The van der Waals surface area contributed by atoms with Crippen LogP contribution in [0.1, 0.15) is 25.6 Å². The summed E-state index contributed by atoms with van der Waals surface area (Å²) < 4.78 is 0. The number of nitrogens with one attached hydrogen (secondary N) is 3. The molecule has 0 saturated carbocycles. The zero-order chi connectivity index (χ0) is 15.4. The number of hydrogen-bond acceptors (Lipinski definition) is 3. The van der Waals surface area contributed by atoms with Gasteiger partial charge >= 0.3 is 0 Å². The summed E-state index contributed by atoms with van der Waals surface area (Å²) in [6.07, 6.45) is 3.62. The fourth-order valence-electron chi connectivity index (χ4n) is 2.90. The normalized spacial score (nSPS) is 20.6. The highest BCUT2D eigenvalue weighted by Crippen LogP contribution is 2.17. The van der Waals surface area contributed by atoms with Crippen LogP contribution in [0.5, 0.6) is 0 Å². The number of aromatic amines is 1. The highest BCUT2D eigenvalue weighted by atomic mass is 35.5. The lowest BCUT2D eigenvalue weighted by molar-refractivity contribution is -0.126. The molecule has 1 saturated heterocycles. The van der Waals surface area contributed by atoms with E-state index < -0.39 is 0 Å². The number of halogens is 1. The van der Waals surface area contributed by atoms with Gasteiger partial charge < -0.3 is 15.6 Å². The second-order valence-electron chi connectivity index (χ2n) is 5.90. The molecule has 0 aliphatic carbocycles. The third-order valence-corrected chi connectivity index (χ3v) is 4.14. The first kappa shape index (κ1) is 17.5. The molecule has 1 aliphatic heterocycles. The van der Waals surface area contributed by atoms with E-state index in [9.17, 15) is 4.79 Å². The summed E-state index contributed by atoms with van der Waals surface area (Å²) in [4.78, 5) is 19.8. The molecule has 23 heavy (non-hydrogen) atoms. The summed E-state index contributed by atoms with van der Waals surface area (Å²) >= 11 is 0. The van der Waals surface area contributed by atoms with Crippen LogP contribution in [-0.2, 0) is 11.3 Å². The molecule has 0 radical (unpaired) electrons. The highest BCUT2D eigenvalue weighted by molar-refractivity contribution is 5.85. The summed E-state index contributed by atoms with van der Waals surface area (Å²) in [5, 5.41) is 6.36. The summed E-state index contributed by atoms with van der Waals surface area (Å²) in [6, 6.07) is 10.5. The zero-order valence-electron chi connectivity index (χ0n) is 13.2. The van der Waals surface area contributed by atoms with Crippen molar-refractivity contribution in [1.29, 1.82) is 0 Å². The molecule has 6 heteroatoms. The van der Waals surface area contributed by atoms with E-state index in [1.165, 1.54) is 0 Å². The first-order chi connectivity index (χ1) is 10.7. The third-order valence-electron chi connectivity index (χ3n) is 4.14. The standard InChI is InChI=1S/C17H22N4O.ClH/c1-12-9-14(7-8-18-12)17(22)20-11-16-19-10-15(21-16)13-5-3-2-4-6-13;/h2-6,10,12,14,18H,7-9,11H2,1H3,(H,19,21)(H,20,22);1H/t12-,14-;/m0./s1. The molecule has 5 nitrogen and oxygen atoms in total. The van der Waals surface area contributed by atoms with Gasteiger partial charge in [-0.2, -0.15) is 0 Å². The predicted molar refractivity (Wildman–Crippen MR) is 93.3 cm³/mol. The maximum atomic E-state index is 12.2. The van der Waals surface area contributed by atoms with E-state index in [0.717, 1.165) is 36.5 Å². The summed E-state index contributed by atoms with van der Waals surface area (Å²) in [7, 11) is 0. The van der Waals surface area contributed by atoms with E-state index in [1.54, 1.807) is 0 Å². The van der Waals surface area contributed by atoms with Crippen LogP contribution in [0.25, 0.3) is 11.3 Å². The van der Waals surface area contributed by atoms with E-state index in [-0.39, 0.29) is 24.2 Å². The second kappa shape index (κ2) is 8.13. The predicted octanol–water partition coefficient (Wildman–Crippen LogP) is 2.50. The Morgan fingerprint density at radius 2 is 2.13 bits per heavy atom. The number of imidazole rings is 1. The van der Waals surface area contributed by atoms with Crippen molar-refractivity contribution < 1.29 is 4.79 Å². The molecule has 1 amide bonds. The third kappa shape index (κ3) is 4.56. The van der Waals surface area contributed by atoms with Crippen LogP contribution in [0.2, 0.25) is 0 Å². The number of amides is 1. The molecule has 0 bridgehead atoms. The topological polar surface area (TPSA) is 69.8 Å². The van der Waals surface area contributed by atoms with Crippen molar-refractivity contribution in [3.8, 4) is 11.3 Å². The monoisotopic (exact) mass is 334 g/mol. The molecule has 3 rings (SSSR count). The number of aromatic nitrogens is 2. The molecule has 2 atom stereocenters. The van der Waals surface area contributed by atoms with Gasteiger partial charge in [-0.3, -0.25) is 4.79 Å². The fraction of sp³-hybridized carbons (Fsp3) is 0.412. The van der Waals surface area contributed by atoms with Gasteiger partial charge in [0.1, 0.15) is 5.82 Å². The molecule has 0 spiro atoms. The van der Waals surface area contributed by atoms with Gasteiger partial charge in [0.15, 0.2) is 0 Å². The van der Waals surface area contributed by atoms with Gasteiger partial charge in [0.2, 0.25) is 5.91 Å². The molecule has 0 unspecified atom stereocenters. The van der Waals surface area contributed by atoms with Crippen molar-refractivity contribution >= 4 is 18.3 Å². The molecule has 1 aromatic heterocycles. The Hall–Kier alpha value is -1.85. The molecule has 124 valence electrons. The van der Waals surface area contributed by atoms with Crippen LogP contribution in [0.4, 0.5) is 0 Å². The number of rotatable bonds is 4. The number of H-pyrrole nitrogens is 1. The minimum Gasteiger partial charge on any atom is -0.349 e. The Balaban J connectivity index is 0.00000192. The van der Waals surface area contributed by atoms with E-state index in [4.69, 9.17) is 0 Å². The van der Waals surface area contributed by atoms with Gasteiger partial charge in [-0.05, 0) is 31.9 Å². The van der Waals surface area contributed by atoms with E-state index in [1.807, 2.05) is 36.5 Å². The minimum absolute atomic E-state index is 0. The first-order valence-corrected chi connectivity index (χ1v) is 7.83. The van der Waals surface area contributed by atoms with Gasteiger partial charge in [-0.15, -0.1) is 12.4 Å². The van der Waals surface area contributed by atoms with Gasteiger partial charge in [0, 0.05) is 12.0 Å². The number of hydrogen-bond donors (Lipinski definition) is 3. The number of nitrogens with zero attached hydrogens (tertiary/aromatic N) is 1. The Labute approximate surface area is 142 Å². The van der Waals surface area contributed by atoms with Gasteiger partial charge in [0.25, 0.3) is 0 Å². The SMILES string of the molecule is C[C@H]1C[C@@H](C(=O)NCc2ncc(-c3ccccc3)[nH]2)CCN1.Cl. The van der Waals surface area contributed by atoms with Gasteiger partial charge in [-0.25, -0.2) is 4.98 Å². The molecular formula is C17H23ClN4O. The fourth-order valence-corrected chi connectivity index (χ4v) is 2.90. The van der Waals surface area contributed by atoms with Crippen LogP contribution in [0, 0.1) is 5.92 Å². The van der Waals surface area contributed by atoms with Crippen LogP contribution < -0.4 is 10.6 Å².